The van der Waals surface area contributed by atoms with E-state index in [0.717, 1.165) is 38.4 Å². The van der Waals surface area contributed by atoms with Crippen molar-refractivity contribution in [1.29, 1.82) is 0 Å². The Kier molecular flexibility index (Phi) is 1.91. The van der Waals surface area contributed by atoms with Crippen LogP contribution in [0.5, 0.6) is 0 Å². The van der Waals surface area contributed by atoms with E-state index < -0.39 is 0 Å². The Labute approximate surface area is 90.6 Å². The molecule has 0 atom stereocenters. The normalized spacial score (nSPS) is 43.0. The standard InChI is InChI=1S/C12H19NO2/c1-9-6-11(7-9)8-10(14)13-12(11)2-4-15-5-3-12/h9H,2-8H2,1H3,(H,13,14). The minimum Gasteiger partial charge on any atom is -0.381 e. The first-order valence-electron chi connectivity index (χ1n) is 6.05. The molecule has 0 aromatic rings. The Bertz CT molecular complexity index is 288. The molecule has 1 amide bonds. The monoisotopic (exact) mass is 209 g/mol. The van der Waals surface area contributed by atoms with E-state index in [-0.39, 0.29) is 16.9 Å². The SMILES string of the molecule is CC1CC2(CC(=O)NC23CCOCC3)C1. The maximum atomic E-state index is 11.7. The molecule has 3 nitrogen and oxygen atoms in total. The topological polar surface area (TPSA) is 38.3 Å². The van der Waals surface area contributed by atoms with E-state index in [4.69, 9.17) is 4.74 Å². The summed E-state index contributed by atoms with van der Waals surface area (Å²) in [4.78, 5) is 11.7. The lowest BCUT2D eigenvalue weighted by atomic mass is 9.51. The molecule has 1 saturated carbocycles. The lowest BCUT2D eigenvalue weighted by molar-refractivity contribution is -0.120. The maximum Gasteiger partial charge on any atom is 0.221 e. The number of carbonyl (C=O) groups excluding carboxylic acids is 1. The molecular formula is C12H19NO2. The van der Waals surface area contributed by atoms with Crippen LogP contribution in [0.4, 0.5) is 0 Å². The van der Waals surface area contributed by atoms with Gasteiger partial charge >= 0.3 is 0 Å². The third-order valence-corrected chi connectivity index (χ3v) is 4.72. The van der Waals surface area contributed by atoms with Crippen LogP contribution in [-0.2, 0) is 9.53 Å². The molecule has 3 fully saturated rings. The van der Waals surface area contributed by atoms with Gasteiger partial charge in [0.2, 0.25) is 5.91 Å². The van der Waals surface area contributed by atoms with Gasteiger partial charge in [-0.25, -0.2) is 0 Å². The fourth-order valence-corrected chi connectivity index (χ4v) is 4.10. The van der Waals surface area contributed by atoms with E-state index in [2.05, 4.69) is 12.2 Å². The van der Waals surface area contributed by atoms with Crippen molar-refractivity contribution in [3.8, 4) is 0 Å². The molecule has 3 rings (SSSR count). The van der Waals surface area contributed by atoms with Crippen molar-refractivity contribution in [3.05, 3.63) is 0 Å². The van der Waals surface area contributed by atoms with Gasteiger partial charge in [-0.1, -0.05) is 6.92 Å². The van der Waals surface area contributed by atoms with Gasteiger partial charge < -0.3 is 10.1 Å². The third-order valence-electron chi connectivity index (χ3n) is 4.72. The summed E-state index contributed by atoms with van der Waals surface area (Å²) in [5.41, 5.74) is 0.377. The van der Waals surface area contributed by atoms with Gasteiger partial charge in [-0.15, -0.1) is 0 Å². The van der Waals surface area contributed by atoms with Gasteiger partial charge in [-0.2, -0.15) is 0 Å². The van der Waals surface area contributed by atoms with Crippen LogP contribution in [-0.4, -0.2) is 24.7 Å². The van der Waals surface area contributed by atoms with E-state index in [9.17, 15) is 4.79 Å². The second kappa shape index (κ2) is 2.97. The summed E-state index contributed by atoms with van der Waals surface area (Å²) in [5.74, 6) is 1.07. The summed E-state index contributed by atoms with van der Waals surface area (Å²) in [5, 5.41) is 3.26. The van der Waals surface area contributed by atoms with Crippen molar-refractivity contribution in [2.45, 2.75) is 44.6 Å². The number of carbonyl (C=O) groups is 1. The summed E-state index contributed by atoms with van der Waals surface area (Å²) in [7, 11) is 0. The van der Waals surface area contributed by atoms with Crippen LogP contribution in [0.2, 0.25) is 0 Å². The molecular weight excluding hydrogens is 190 g/mol. The van der Waals surface area contributed by atoms with Gasteiger partial charge in [-0.3, -0.25) is 4.79 Å². The molecule has 1 N–H and O–H groups in total. The Hall–Kier alpha value is -0.570. The summed E-state index contributed by atoms with van der Waals surface area (Å²) in [6, 6.07) is 0. The van der Waals surface area contributed by atoms with E-state index in [1.54, 1.807) is 0 Å². The quantitative estimate of drug-likeness (QED) is 0.656. The van der Waals surface area contributed by atoms with Crippen LogP contribution in [0, 0.1) is 11.3 Å². The average Bonchev–Trinajstić information content (AvgIpc) is 2.40. The zero-order valence-electron chi connectivity index (χ0n) is 9.34. The van der Waals surface area contributed by atoms with Crippen LogP contribution in [0.15, 0.2) is 0 Å². The smallest absolute Gasteiger partial charge is 0.221 e. The van der Waals surface area contributed by atoms with Crippen molar-refractivity contribution in [1.82, 2.24) is 5.32 Å². The predicted molar refractivity (Wildman–Crippen MR) is 56.4 cm³/mol. The summed E-state index contributed by atoms with van der Waals surface area (Å²) >= 11 is 0. The van der Waals surface area contributed by atoms with Gasteiger partial charge in [0.1, 0.15) is 0 Å². The predicted octanol–water partition coefficient (Wildman–Crippen LogP) is 1.47. The number of hydrogen-bond acceptors (Lipinski definition) is 2. The molecule has 2 heterocycles. The minimum absolute atomic E-state index is 0.0921. The van der Waals surface area contributed by atoms with Crippen LogP contribution >= 0.6 is 0 Å². The van der Waals surface area contributed by atoms with Crippen LogP contribution < -0.4 is 5.32 Å². The first-order valence-corrected chi connectivity index (χ1v) is 6.05. The highest BCUT2D eigenvalue weighted by atomic mass is 16.5. The fourth-order valence-electron chi connectivity index (χ4n) is 4.10. The Morgan fingerprint density at radius 1 is 1.33 bits per heavy atom. The molecule has 0 radical (unpaired) electrons. The summed E-state index contributed by atoms with van der Waals surface area (Å²) in [6.45, 7) is 3.92. The molecule has 2 aliphatic heterocycles. The van der Waals surface area contributed by atoms with Crippen molar-refractivity contribution < 1.29 is 9.53 Å². The average molecular weight is 209 g/mol. The zero-order chi connectivity index (χ0) is 10.5. The number of hydrogen-bond donors (Lipinski definition) is 1. The Morgan fingerprint density at radius 2 is 2.00 bits per heavy atom. The number of ether oxygens (including phenoxy) is 1. The van der Waals surface area contributed by atoms with Gasteiger partial charge in [0.15, 0.2) is 0 Å². The molecule has 1 aliphatic carbocycles. The molecule has 0 bridgehead atoms. The molecule has 2 saturated heterocycles. The molecule has 0 aromatic carbocycles. The summed E-state index contributed by atoms with van der Waals surface area (Å²) in [6.07, 6.45) is 5.26. The van der Waals surface area contributed by atoms with Gasteiger partial charge in [0.05, 0.1) is 5.54 Å². The fraction of sp³-hybridized carbons (Fsp3) is 0.917. The van der Waals surface area contributed by atoms with Crippen LogP contribution in [0.1, 0.15) is 39.0 Å². The first kappa shape index (κ1) is 9.64. The largest absolute Gasteiger partial charge is 0.381 e. The highest BCUT2D eigenvalue weighted by Gasteiger charge is 2.62. The number of rotatable bonds is 0. The molecule has 3 heteroatoms. The highest BCUT2D eigenvalue weighted by Crippen LogP contribution is 2.60. The molecule has 0 aromatic heterocycles. The van der Waals surface area contributed by atoms with Crippen molar-refractivity contribution >= 4 is 5.91 Å². The zero-order valence-corrected chi connectivity index (χ0v) is 9.34. The van der Waals surface area contributed by atoms with Gasteiger partial charge in [0.25, 0.3) is 0 Å². The van der Waals surface area contributed by atoms with Gasteiger partial charge in [0, 0.05) is 25.0 Å². The van der Waals surface area contributed by atoms with Crippen LogP contribution in [0.3, 0.4) is 0 Å². The Morgan fingerprint density at radius 3 is 2.60 bits per heavy atom. The van der Waals surface area contributed by atoms with Crippen molar-refractivity contribution in [3.63, 3.8) is 0 Å². The van der Waals surface area contributed by atoms with Crippen LogP contribution in [0.25, 0.3) is 0 Å². The number of nitrogens with one attached hydrogen (secondary N) is 1. The van der Waals surface area contributed by atoms with E-state index >= 15 is 0 Å². The van der Waals surface area contributed by atoms with E-state index in [1.165, 1.54) is 12.8 Å². The third kappa shape index (κ3) is 1.19. The molecule has 0 unspecified atom stereocenters. The Balaban J connectivity index is 1.88. The first-order chi connectivity index (χ1) is 7.16. The van der Waals surface area contributed by atoms with Gasteiger partial charge in [-0.05, 0) is 31.6 Å². The number of amides is 1. The van der Waals surface area contributed by atoms with Crippen molar-refractivity contribution in [2.75, 3.05) is 13.2 Å². The highest BCUT2D eigenvalue weighted by molar-refractivity contribution is 5.81. The number of fused-ring (bicyclic) bond motifs is 1. The second-order valence-corrected chi connectivity index (χ2v) is 5.71. The van der Waals surface area contributed by atoms with E-state index in [1.807, 2.05) is 0 Å². The lowest BCUT2D eigenvalue weighted by Crippen LogP contribution is -2.59. The summed E-state index contributed by atoms with van der Waals surface area (Å²) < 4.78 is 5.43. The minimum atomic E-state index is 0.0921. The van der Waals surface area contributed by atoms with Crippen molar-refractivity contribution in [2.24, 2.45) is 11.3 Å². The molecule has 3 aliphatic rings. The molecule has 84 valence electrons. The molecule has 2 spiro atoms. The van der Waals surface area contributed by atoms with E-state index in [0.29, 0.717) is 0 Å². The lowest BCUT2D eigenvalue weighted by Gasteiger charge is -2.55. The molecule has 15 heavy (non-hydrogen) atoms. The maximum absolute atomic E-state index is 11.7. The second-order valence-electron chi connectivity index (χ2n) is 5.71.